The van der Waals surface area contributed by atoms with Gasteiger partial charge in [0, 0.05) is 29.5 Å². The molecule has 3 aromatic rings. The number of amides is 1. The zero-order chi connectivity index (χ0) is 24.1. The predicted molar refractivity (Wildman–Crippen MR) is 134 cm³/mol. The monoisotopic (exact) mass is 455 g/mol. The second-order valence-corrected chi connectivity index (χ2v) is 8.53. The molecule has 5 heteroatoms. The van der Waals surface area contributed by atoms with Gasteiger partial charge in [0.25, 0.3) is 0 Å². The van der Waals surface area contributed by atoms with Crippen LogP contribution in [-0.4, -0.2) is 18.5 Å². The molecule has 0 fully saturated rings. The van der Waals surface area contributed by atoms with Crippen LogP contribution in [0.1, 0.15) is 61.3 Å². The van der Waals surface area contributed by atoms with Crippen LogP contribution in [0.25, 0.3) is 6.08 Å². The molecule has 0 atom stereocenters. The number of carbonyl (C=O) groups is 2. The van der Waals surface area contributed by atoms with Gasteiger partial charge in [-0.05, 0) is 42.2 Å². The van der Waals surface area contributed by atoms with Crippen molar-refractivity contribution in [1.82, 2.24) is 0 Å². The van der Waals surface area contributed by atoms with E-state index in [9.17, 15) is 9.59 Å². The van der Waals surface area contributed by atoms with Gasteiger partial charge < -0.3 is 14.8 Å². The summed E-state index contributed by atoms with van der Waals surface area (Å²) in [7, 11) is 0. The number of hydrogen-bond acceptors (Lipinski definition) is 4. The van der Waals surface area contributed by atoms with E-state index in [1.165, 1.54) is 6.08 Å². The molecule has 0 spiro atoms. The minimum absolute atomic E-state index is 0.101. The summed E-state index contributed by atoms with van der Waals surface area (Å²) in [4.78, 5) is 25.3. The molecular weight excluding hydrogens is 426 g/mol. The first-order valence-electron chi connectivity index (χ1n) is 11.6. The average Bonchev–Trinajstić information content (AvgIpc) is 2.83. The smallest absolute Gasteiger partial charge is 0.330 e. The van der Waals surface area contributed by atoms with Gasteiger partial charge in [-0.1, -0.05) is 68.4 Å². The first kappa shape index (κ1) is 23.3. The molecule has 0 unspecified atom stereocenters. The zero-order valence-electron chi connectivity index (χ0n) is 19.7. The Hall–Kier alpha value is -3.86. The van der Waals surface area contributed by atoms with Gasteiger partial charge in [0.1, 0.15) is 11.5 Å². The van der Waals surface area contributed by atoms with Gasteiger partial charge >= 0.3 is 5.97 Å². The summed E-state index contributed by atoms with van der Waals surface area (Å²) < 4.78 is 11.1. The molecule has 1 aliphatic rings. The molecule has 5 nitrogen and oxygen atoms in total. The fourth-order valence-corrected chi connectivity index (χ4v) is 4.31. The summed E-state index contributed by atoms with van der Waals surface area (Å²) in [6.45, 7) is 6.24. The lowest BCUT2D eigenvalue weighted by Gasteiger charge is -2.28. The van der Waals surface area contributed by atoms with E-state index in [0.717, 1.165) is 39.4 Å². The summed E-state index contributed by atoms with van der Waals surface area (Å²) in [5.74, 6) is 1.11. The Bertz CT molecular complexity index is 1180. The average molecular weight is 456 g/mol. The summed E-state index contributed by atoms with van der Waals surface area (Å²) in [6, 6.07) is 21.5. The number of ether oxygens (including phenoxy) is 2. The second-order valence-electron chi connectivity index (χ2n) is 8.53. The maximum absolute atomic E-state index is 13.4. The SMILES string of the molecule is CCOC(=O)C=Cc1cccc(C(C)C)c1NC(=O)CC1c2ccccc2Oc2ccccc21. The Kier molecular flexibility index (Phi) is 7.12. The van der Waals surface area contributed by atoms with E-state index in [1.54, 1.807) is 13.0 Å². The van der Waals surface area contributed by atoms with Gasteiger partial charge in [0.2, 0.25) is 5.91 Å². The molecule has 0 aliphatic carbocycles. The van der Waals surface area contributed by atoms with Crippen molar-refractivity contribution in [3.05, 3.63) is 95.1 Å². The van der Waals surface area contributed by atoms with Gasteiger partial charge in [-0.15, -0.1) is 0 Å². The third-order valence-corrected chi connectivity index (χ3v) is 5.90. The van der Waals surface area contributed by atoms with E-state index in [0.29, 0.717) is 6.61 Å². The second kappa shape index (κ2) is 10.4. The number of benzene rings is 3. The van der Waals surface area contributed by atoms with Crippen LogP contribution in [0.4, 0.5) is 5.69 Å². The molecule has 4 rings (SSSR count). The van der Waals surface area contributed by atoms with Crippen molar-refractivity contribution in [3.63, 3.8) is 0 Å². The lowest BCUT2D eigenvalue weighted by molar-refractivity contribution is -0.137. The van der Waals surface area contributed by atoms with E-state index in [4.69, 9.17) is 9.47 Å². The first-order valence-corrected chi connectivity index (χ1v) is 11.6. The fourth-order valence-electron chi connectivity index (χ4n) is 4.31. The number of fused-ring (bicyclic) bond motifs is 2. The number of para-hydroxylation sites is 3. The molecule has 1 heterocycles. The van der Waals surface area contributed by atoms with E-state index in [2.05, 4.69) is 19.2 Å². The van der Waals surface area contributed by atoms with Crippen molar-refractivity contribution in [2.45, 2.75) is 39.0 Å². The Balaban J connectivity index is 1.64. The van der Waals surface area contributed by atoms with Crippen molar-refractivity contribution < 1.29 is 19.1 Å². The highest BCUT2D eigenvalue weighted by Crippen LogP contribution is 2.45. The summed E-state index contributed by atoms with van der Waals surface area (Å²) in [5.41, 5.74) is 4.48. The molecule has 34 heavy (non-hydrogen) atoms. The maximum atomic E-state index is 13.4. The molecular formula is C29H29NO4. The van der Waals surface area contributed by atoms with Gasteiger partial charge in [-0.2, -0.15) is 0 Å². The molecule has 0 saturated heterocycles. The summed E-state index contributed by atoms with van der Waals surface area (Å²) >= 11 is 0. The topological polar surface area (TPSA) is 64.6 Å². The molecule has 1 N–H and O–H groups in total. The van der Waals surface area contributed by atoms with Gasteiger partial charge in [0.15, 0.2) is 0 Å². The molecule has 1 amide bonds. The number of anilines is 1. The van der Waals surface area contributed by atoms with Gasteiger partial charge in [-0.3, -0.25) is 4.79 Å². The summed E-state index contributed by atoms with van der Waals surface area (Å²) in [5, 5.41) is 3.14. The van der Waals surface area contributed by atoms with E-state index in [-0.39, 0.29) is 24.2 Å². The molecule has 0 aromatic heterocycles. The Morgan fingerprint density at radius 2 is 1.62 bits per heavy atom. The lowest BCUT2D eigenvalue weighted by Crippen LogP contribution is -2.20. The number of nitrogens with one attached hydrogen (secondary N) is 1. The number of rotatable bonds is 7. The van der Waals surface area contributed by atoms with Crippen LogP contribution in [0.3, 0.4) is 0 Å². The standard InChI is InChI=1S/C29H29NO4/c1-4-33-28(32)17-16-20-10-9-13-21(19(2)3)29(20)30-27(31)18-24-22-11-5-7-14-25(22)34-26-15-8-6-12-23(24)26/h5-17,19,24H,4,18H2,1-3H3,(H,30,31). The van der Waals surface area contributed by atoms with Crippen LogP contribution in [0, 0.1) is 0 Å². The predicted octanol–water partition coefficient (Wildman–Crippen LogP) is 6.65. The maximum Gasteiger partial charge on any atom is 0.330 e. The van der Waals surface area contributed by atoms with E-state index >= 15 is 0 Å². The highest BCUT2D eigenvalue weighted by atomic mass is 16.5. The fraction of sp³-hybridized carbons (Fsp3) is 0.241. The van der Waals surface area contributed by atoms with Crippen LogP contribution >= 0.6 is 0 Å². The van der Waals surface area contributed by atoms with Crippen LogP contribution in [-0.2, 0) is 14.3 Å². The Morgan fingerprint density at radius 1 is 0.971 bits per heavy atom. The minimum atomic E-state index is -0.412. The van der Waals surface area contributed by atoms with E-state index in [1.807, 2.05) is 66.7 Å². The quantitative estimate of drug-likeness (QED) is 0.320. The highest BCUT2D eigenvalue weighted by Gasteiger charge is 2.29. The minimum Gasteiger partial charge on any atom is -0.463 e. The molecule has 0 saturated carbocycles. The molecule has 3 aromatic carbocycles. The van der Waals surface area contributed by atoms with Crippen molar-refractivity contribution in [2.75, 3.05) is 11.9 Å². The Morgan fingerprint density at radius 3 is 2.24 bits per heavy atom. The van der Waals surface area contributed by atoms with Crippen molar-refractivity contribution in [1.29, 1.82) is 0 Å². The first-order chi connectivity index (χ1) is 16.5. The van der Waals surface area contributed by atoms with Gasteiger partial charge in [-0.25, -0.2) is 4.79 Å². The van der Waals surface area contributed by atoms with E-state index < -0.39 is 5.97 Å². The van der Waals surface area contributed by atoms with Crippen LogP contribution < -0.4 is 10.1 Å². The van der Waals surface area contributed by atoms with Crippen molar-refractivity contribution in [3.8, 4) is 11.5 Å². The van der Waals surface area contributed by atoms with Crippen molar-refractivity contribution >= 4 is 23.6 Å². The molecule has 0 radical (unpaired) electrons. The molecule has 0 bridgehead atoms. The lowest BCUT2D eigenvalue weighted by atomic mass is 9.85. The van der Waals surface area contributed by atoms with Crippen LogP contribution in [0.5, 0.6) is 11.5 Å². The van der Waals surface area contributed by atoms with Gasteiger partial charge in [0.05, 0.1) is 12.3 Å². The largest absolute Gasteiger partial charge is 0.463 e. The van der Waals surface area contributed by atoms with Crippen LogP contribution in [0.15, 0.2) is 72.8 Å². The number of hydrogen-bond donors (Lipinski definition) is 1. The third kappa shape index (κ3) is 5.04. The third-order valence-electron chi connectivity index (χ3n) is 5.90. The normalized spacial score (nSPS) is 12.7. The highest BCUT2D eigenvalue weighted by molar-refractivity contribution is 5.96. The zero-order valence-corrected chi connectivity index (χ0v) is 19.7. The molecule has 174 valence electrons. The molecule has 1 aliphatic heterocycles. The Labute approximate surface area is 200 Å². The van der Waals surface area contributed by atoms with Crippen LogP contribution in [0.2, 0.25) is 0 Å². The van der Waals surface area contributed by atoms with Crippen molar-refractivity contribution in [2.24, 2.45) is 0 Å². The number of esters is 1. The number of carbonyl (C=O) groups excluding carboxylic acids is 2. The summed E-state index contributed by atoms with van der Waals surface area (Å²) in [6.07, 6.45) is 3.35.